The number of carbonyl (C=O) groups is 2. The number of nitrogens with one attached hydrogen (secondary N) is 1. The van der Waals surface area contributed by atoms with E-state index in [0.717, 1.165) is 10.0 Å². The zero-order valence-corrected chi connectivity index (χ0v) is 11.6. The van der Waals surface area contributed by atoms with Gasteiger partial charge in [-0.3, -0.25) is 9.59 Å². The first-order valence-corrected chi connectivity index (χ1v) is 6.29. The Kier molecular flexibility index (Phi) is 5.30. The number of halogens is 1. The Labute approximate surface area is 114 Å². The smallest absolute Gasteiger partial charge is 0.237 e. The molecule has 0 aliphatic carbocycles. The van der Waals surface area contributed by atoms with E-state index in [-0.39, 0.29) is 12.5 Å². The maximum Gasteiger partial charge on any atom is 0.237 e. The van der Waals surface area contributed by atoms with E-state index in [9.17, 15) is 9.59 Å². The molecule has 2 atom stereocenters. The van der Waals surface area contributed by atoms with E-state index in [4.69, 9.17) is 11.5 Å². The molecule has 1 aromatic rings. The minimum atomic E-state index is -0.910. The molecule has 0 aliphatic rings. The van der Waals surface area contributed by atoms with Crippen LogP contribution in [0.3, 0.4) is 0 Å². The standard InChI is InChI=1S/C12H16BrN3O2/c1-7(8-4-2-3-5-9(8)13)16-12(18)10(14)6-11(15)17/h2-5,7,10H,6,14H2,1H3,(H2,15,17)(H,16,18)/t7-,10?/m0/s1. The van der Waals surface area contributed by atoms with E-state index in [1.807, 2.05) is 31.2 Å². The van der Waals surface area contributed by atoms with Crippen molar-refractivity contribution in [2.45, 2.75) is 25.4 Å². The fourth-order valence-corrected chi connectivity index (χ4v) is 2.16. The molecule has 0 fully saturated rings. The summed E-state index contributed by atoms with van der Waals surface area (Å²) in [5.41, 5.74) is 11.5. The van der Waals surface area contributed by atoms with Crippen molar-refractivity contribution in [2.75, 3.05) is 0 Å². The minimum absolute atomic E-state index is 0.158. The van der Waals surface area contributed by atoms with Crippen LogP contribution in [-0.4, -0.2) is 17.9 Å². The molecule has 2 amide bonds. The van der Waals surface area contributed by atoms with Crippen LogP contribution in [0.15, 0.2) is 28.7 Å². The van der Waals surface area contributed by atoms with Crippen LogP contribution in [0.4, 0.5) is 0 Å². The van der Waals surface area contributed by atoms with E-state index in [1.54, 1.807) is 0 Å². The highest BCUT2D eigenvalue weighted by Gasteiger charge is 2.19. The third-order valence-electron chi connectivity index (χ3n) is 2.49. The average Bonchev–Trinajstić information content (AvgIpc) is 2.28. The number of benzene rings is 1. The maximum absolute atomic E-state index is 11.7. The lowest BCUT2D eigenvalue weighted by molar-refractivity contribution is -0.126. The number of hydrogen-bond donors (Lipinski definition) is 3. The molecule has 0 heterocycles. The van der Waals surface area contributed by atoms with Crippen LogP contribution >= 0.6 is 15.9 Å². The molecule has 0 spiro atoms. The molecular formula is C12H16BrN3O2. The van der Waals surface area contributed by atoms with E-state index in [2.05, 4.69) is 21.2 Å². The van der Waals surface area contributed by atoms with Crippen molar-refractivity contribution in [3.05, 3.63) is 34.3 Å². The van der Waals surface area contributed by atoms with Crippen molar-refractivity contribution in [2.24, 2.45) is 11.5 Å². The Morgan fingerprint density at radius 1 is 1.39 bits per heavy atom. The van der Waals surface area contributed by atoms with Gasteiger partial charge in [0.2, 0.25) is 11.8 Å². The molecule has 0 bridgehead atoms. The monoisotopic (exact) mass is 313 g/mol. The van der Waals surface area contributed by atoms with Crippen LogP contribution in [0.2, 0.25) is 0 Å². The Hall–Kier alpha value is -1.40. The molecule has 0 aromatic heterocycles. The fourth-order valence-electron chi connectivity index (χ4n) is 1.53. The number of hydrogen-bond acceptors (Lipinski definition) is 3. The second-order valence-electron chi connectivity index (χ2n) is 4.03. The summed E-state index contributed by atoms with van der Waals surface area (Å²) < 4.78 is 0.904. The molecule has 5 nitrogen and oxygen atoms in total. The zero-order valence-electron chi connectivity index (χ0n) is 10.0. The van der Waals surface area contributed by atoms with E-state index in [1.165, 1.54) is 0 Å². The van der Waals surface area contributed by atoms with Crippen LogP contribution in [0, 0.1) is 0 Å². The van der Waals surface area contributed by atoms with Crippen LogP contribution in [0.1, 0.15) is 24.9 Å². The number of primary amides is 1. The summed E-state index contributed by atoms with van der Waals surface area (Å²) in [5.74, 6) is -0.983. The van der Waals surface area contributed by atoms with Gasteiger partial charge in [-0.15, -0.1) is 0 Å². The van der Waals surface area contributed by atoms with Crippen molar-refractivity contribution in [1.29, 1.82) is 0 Å². The second kappa shape index (κ2) is 6.51. The zero-order chi connectivity index (χ0) is 13.7. The predicted molar refractivity (Wildman–Crippen MR) is 72.5 cm³/mol. The largest absolute Gasteiger partial charge is 0.370 e. The van der Waals surface area contributed by atoms with Gasteiger partial charge in [0.15, 0.2) is 0 Å². The van der Waals surface area contributed by atoms with Gasteiger partial charge in [0.25, 0.3) is 0 Å². The predicted octanol–water partition coefficient (Wildman–Crippen LogP) is 0.829. The molecule has 0 saturated heterocycles. The first-order chi connectivity index (χ1) is 8.41. The third kappa shape index (κ3) is 4.12. The molecule has 0 aliphatic heterocycles. The topological polar surface area (TPSA) is 98.2 Å². The lowest BCUT2D eigenvalue weighted by atomic mass is 10.1. The van der Waals surface area contributed by atoms with Crippen LogP contribution < -0.4 is 16.8 Å². The molecule has 5 N–H and O–H groups in total. The highest BCUT2D eigenvalue weighted by Crippen LogP contribution is 2.22. The van der Waals surface area contributed by atoms with Gasteiger partial charge in [-0.2, -0.15) is 0 Å². The first kappa shape index (κ1) is 14.7. The van der Waals surface area contributed by atoms with Gasteiger partial charge in [-0.25, -0.2) is 0 Å². The molecule has 98 valence electrons. The van der Waals surface area contributed by atoms with Crippen molar-refractivity contribution in [3.63, 3.8) is 0 Å². The van der Waals surface area contributed by atoms with E-state index >= 15 is 0 Å². The molecule has 1 rings (SSSR count). The van der Waals surface area contributed by atoms with Crippen LogP contribution in [0.5, 0.6) is 0 Å². The summed E-state index contributed by atoms with van der Waals surface area (Å²) in [5, 5.41) is 2.74. The van der Waals surface area contributed by atoms with Crippen molar-refractivity contribution in [1.82, 2.24) is 5.32 Å². The number of carbonyl (C=O) groups excluding carboxylic acids is 2. The normalized spacial score (nSPS) is 13.7. The minimum Gasteiger partial charge on any atom is -0.370 e. The highest BCUT2D eigenvalue weighted by atomic mass is 79.9. The molecule has 0 radical (unpaired) electrons. The Morgan fingerprint density at radius 3 is 2.56 bits per heavy atom. The molecule has 18 heavy (non-hydrogen) atoms. The number of nitrogens with two attached hydrogens (primary N) is 2. The summed E-state index contributed by atoms with van der Waals surface area (Å²) in [4.78, 5) is 22.4. The molecule has 0 saturated carbocycles. The van der Waals surface area contributed by atoms with Crippen molar-refractivity contribution >= 4 is 27.7 Å². The maximum atomic E-state index is 11.7. The van der Waals surface area contributed by atoms with Gasteiger partial charge in [0.05, 0.1) is 18.5 Å². The average molecular weight is 314 g/mol. The Morgan fingerprint density at radius 2 is 2.00 bits per heavy atom. The molecule has 1 aromatic carbocycles. The van der Waals surface area contributed by atoms with Crippen LogP contribution in [0.25, 0.3) is 0 Å². The summed E-state index contributed by atoms with van der Waals surface area (Å²) in [6.45, 7) is 1.84. The Balaban J connectivity index is 2.65. The highest BCUT2D eigenvalue weighted by molar-refractivity contribution is 9.10. The van der Waals surface area contributed by atoms with Gasteiger partial charge in [-0.1, -0.05) is 34.1 Å². The quantitative estimate of drug-likeness (QED) is 0.751. The third-order valence-corrected chi connectivity index (χ3v) is 3.21. The summed E-state index contributed by atoms with van der Waals surface area (Å²) in [7, 11) is 0. The van der Waals surface area contributed by atoms with E-state index < -0.39 is 17.9 Å². The summed E-state index contributed by atoms with van der Waals surface area (Å²) in [6, 6.07) is 6.45. The lowest BCUT2D eigenvalue weighted by Crippen LogP contribution is -2.43. The van der Waals surface area contributed by atoms with Crippen molar-refractivity contribution in [3.8, 4) is 0 Å². The van der Waals surface area contributed by atoms with Crippen LogP contribution in [-0.2, 0) is 9.59 Å². The van der Waals surface area contributed by atoms with E-state index in [0.29, 0.717) is 0 Å². The lowest BCUT2D eigenvalue weighted by Gasteiger charge is -2.18. The SMILES string of the molecule is C[C@H](NC(=O)C(N)CC(N)=O)c1ccccc1Br. The summed E-state index contributed by atoms with van der Waals surface area (Å²) in [6.07, 6.45) is -0.158. The molecule has 6 heteroatoms. The number of rotatable bonds is 5. The second-order valence-corrected chi connectivity index (χ2v) is 4.88. The number of amides is 2. The van der Waals surface area contributed by atoms with Gasteiger partial charge >= 0.3 is 0 Å². The Bertz CT molecular complexity index is 451. The fraction of sp³-hybridized carbons (Fsp3) is 0.333. The van der Waals surface area contributed by atoms with Gasteiger partial charge < -0.3 is 16.8 Å². The first-order valence-electron chi connectivity index (χ1n) is 5.50. The van der Waals surface area contributed by atoms with Gasteiger partial charge in [-0.05, 0) is 18.6 Å². The van der Waals surface area contributed by atoms with Gasteiger partial charge in [0, 0.05) is 4.47 Å². The van der Waals surface area contributed by atoms with Gasteiger partial charge in [0.1, 0.15) is 0 Å². The molecular weight excluding hydrogens is 298 g/mol. The molecule has 1 unspecified atom stereocenters. The summed E-state index contributed by atoms with van der Waals surface area (Å²) >= 11 is 3.41. The van der Waals surface area contributed by atoms with Crippen molar-refractivity contribution < 1.29 is 9.59 Å².